The van der Waals surface area contributed by atoms with Crippen LogP contribution in [0.2, 0.25) is 5.02 Å². The van der Waals surface area contributed by atoms with Crippen LogP contribution in [0.5, 0.6) is 0 Å². The fourth-order valence-electron chi connectivity index (χ4n) is 2.45. The van der Waals surface area contributed by atoms with Gasteiger partial charge in [-0.3, -0.25) is 15.1 Å². The predicted molar refractivity (Wildman–Crippen MR) is 114 cm³/mol. The number of hydrazone groups is 1. The van der Waals surface area contributed by atoms with Gasteiger partial charge in [-0.25, -0.2) is 4.98 Å². The largest absolute Gasteiger partial charge is 0.277 e. The minimum atomic E-state index is -0.0923. The summed E-state index contributed by atoms with van der Waals surface area (Å²) in [5.74, 6) is -0.0923. The Hall–Kier alpha value is -2.70. The molecule has 7 heteroatoms. The average molecular weight is 399 g/mol. The summed E-state index contributed by atoms with van der Waals surface area (Å²) < 4.78 is 0. The zero-order valence-corrected chi connectivity index (χ0v) is 16.8. The van der Waals surface area contributed by atoms with Crippen molar-refractivity contribution in [3.05, 3.63) is 69.7 Å². The molecule has 0 bridgehead atoms. The zero-order chi connectivity index (χ0) is 19.4. The van der Waals surface area contributed by atoms with E-state index >= 15 is 0 Å². The van der Waals surface area contributed by atoms with Gasteiger partial charge in [0.2, 0.25) is 5.91 Å². The quantitative estimate of drug-likeness (QED) is 0.453. The highest BCUT2D eigenvalue weighted by atomic mass is 35.5. The van der Waals surface area contributed by atoms with Gasteiger partial charge < -0.3 is 0 Å². The number of para-hydroxylation sites is 1. The van der Waals surface area contributed by atoms with Crippen molar-refractivity contribution in [3.8, 4) is 0 Å². The minimum absolute atomic E-state index is 0.0923. The van der Waals surface area contributed by atoms with E-state index in [9.17, 15) is 4.79 Å². The number of benzene rings is 2. The van der Waals surface area contributed by atoms with Gasteiger partial charge in [0.05, 0.1) is 28.3 Å². The first-order chi connectivity index (χ1) is 13.0. The summed E-state index contributed by atoms with van der Waals surface area (Å²) in [6.45, 7) is 5.60. The molecular formula is C20H19ClN4OS. The van der Waals surface area contributed by atoms with Crippen LogP contribution in [-0.2, 0) is 4.79 Å². The van der Waals surface area contributed by atoms with E-state index in [0.717, 1.165) is 11.3 Å². The lowest BCUT2D eigenvalue weighted by molar-refractivity contribution is -0.115. The van der Waals surface area contributed by atoms with Crippen molar-refractivity contribution < 1.29 is 4.79 Å². The lowest BCUT2D eigenvalue weighted by atomic mass is 10.1. The second-order valence-electron chi connectivity index (χ2n) is 6.03. The maximum Gasteiger partial charge on any atom is 0.230 e. The van der Waals surface area contributed by atoms with Gasteiger partial charge in [-0.15, -0.1) is 11.3 Å². The topological polar surface area (TPSA) is 57.6 Å². The van der Waals surface area contributed by atoms with E-state index in [1.165, 1.54) is 23.8 Å². The Balaban J connectivity index is 1.80. The molecule has 2 aromatic carbocycles. The smallest absolute Gasteiger partial charge is 0.230 e. The van der Waals surface area contributed by atoms with Gasteiger partial charge in [-0.1, -0.05) is 29.8 Å². The number of rotatable bonds is 5. The number of hydrogen-bond acceptors (Lipinski definition) is 5. The normalized spacial score (nSPS) is 11.0. The van der Waals surface area contributed by atoms with Crippen LogP contribution in [0.1, 0.15) is 23.7 Å². The Kier molecular flexibility index (Phi) is 5.88. The first kappa shape index (κ1) is 19.1. The van der Waals surface area contributed by atoms with Crippen LogP contribution in [0.25, 0.3) is 0 Å². The molecule has 0 radical (unpaired) electrons. The van der Waals surface area contributed by atoms with E-state index in [1.807, 2.05) is 55.6 Å². The third kappa shape index (κ3) is 4.53. The number of thiazole rings is 1. The number of aryl methyl sites for hydroxylation is 2. The number of halogens is 1. The van der Waals surface area contributed by atoms with E-state index in [4.69, 9.17) is 11.6 Å². The summed E-state index contributed by atoms with van der Waals surface area (Å²) in [7, 11) is 0. The molecule has 0 aliphatic heterocycles. The summed E-state index contributed by atoms with van der Waals surface area (Å²) >= 11 is 7.47. The molecule has 0 saturated heterocycles. The summed E-state index contributed by atoms with van der Waals surface area (Å²) in [5.41, 5.74) is 7.37. The number of hydrogen-bond donors (Lipinski definition) is 1. The van der Waals surface area contributed by atoms with Crippen molar-refractivity contribution in [2.24, 2.45) is 5.10 Å². The fourth-order valence-corrected chi connectivity index (χ4v) is 3.46. The second kappa shape index (κ2) is 8.33. The Morgan fingerprint density at radius 2 is 2.00 bits per heavy atom. The summed E-state index contributed by atoms with van der Waals surface area (Å²) in [6, 6.07) is 13.3. The molecule has 1 aromatic heterocycles. The number of nitrogens with zero attached hydrogens (tertiary/aromatic N) is 3. The maximum absolute atomic E-state index is 12.2. The third-order valence-corrected chi connectivity index (χ3v) is 5.19. The lowest BCUT2D eigenvalue weighted by Crippen LogP contribution is -2.22. The molecule has 3 aromatic rings. The van der Waals surface area contributed by atoms with Crippen molar-refractivity contribution in [1.29, 1.82) is 0 Å². The van der Waals surface area contributed by atoms with Gasteiger partial charge in [-0.2, -0.15) is 5.10 Å². The number of aromatic nitrogens is 1. The summed E-state index contributed by atoms with van der Waals surface area (Å²) in [6.07, 6.45) is 1.60. The molecule has 1 heterocycles. The highest BCUT2D eigenvalue weighted by Gasteiger charge is 2.18. The lowest BCUT2D eigenvalue weighted by Gasteiger charge is -2.19. The van der Waals surface area contributed by atoms with Crippen LogP contribution in [-0.4, -0.2) is 17.1 Å². The number of carbonyl (C=O) groups is 1. The van der Waals surface area contributed by atoms with Crippen molar-refractivity contribution in [1.82, 2.24) is 4.98 Å². The molecule has 27 heavy (non-hydrogen) atoms. The zero-order valence-electron chi connectivity index (χ0n) is 15.2. The van der Waals surface area contributed by atoms with E-state index in [2.05, 4.69) is 15.5 Å². The first-order valence-electron chi connectivity index (χ1n) is 8.33. The molecule has 0 atom stereocenters. The predicted octanol–water partition coefficient (Wildman–Crippen LogP) is 5.54. The van der Waals surface area contributed by atoms with E-state index in [-0.39, 0.29) is 5.91 Å². The first-order valence-corrected chi connectivity index (χ1v) is 9.58. The van der Waals surface area contributed by atoms with Crippen molar-refractivity contribution >= 4 is 51.6 Å². The molecule has 0 fully saturated rings. The third-order valence-electron chi connectivity index (χ3n) is 4.02. The van der Waals surface area contributed by atoms with Crippen LogP contribution >= 0.6 is 22.9 Å². The molecule has 0 unspecified atom stereocenters. The summed E-state index contributed by atoms with van der Waals surface area (Å²) in [5, 5.41) is 7.21. The van der Waals surface area contributed by atoms with Gasteiger partial charge in [0, 0.05) is 12.3 Å². The number of anilines is 3. The van der Waals surface area contributed by atoms with Crippen LogP contribution in [0.3, 0.4) is 0 Å². The number of amides is 1. The number of carbonyl (C=O) groups excluding carboxylic acids is 1. The Morgan fingerprint density at radius 3 is 2.70 bits per heavy atom. The van der Waals surface area contributed by atoms with Crippen LogP contribution in [0, 0.1) is 13.8 Å². The van der Waals surface area contributed by atoms with Gasteiger partial charge in [0.25, 0.3) is 0 Å². The SMILES string of the molecule is CC(=O)N(c1ccc(C)c(C)c1)c1nc(/C=N\Nc2ccccc2Cl)cs1. The van der Waals surface area contributed by atoms with Gasteiger partial charge in [0.15, 0.2) is 5.13 Å². The van der Waals surface area contributed by atoms with Gasteiger partial charge in [0.1, 0.15) is 0 Å². The fraction of sp³-hybridized carbons (Fsp3) is 0.150. The Bertz CT molecular complexity index is 999. The molecular weight excluding hydrogens is 380 g/mol. The van der Waals surface area contributed by atoms with E-state index < -0.39 is 0 Å². The standard InChI is InChI=1S/C20H19ClN4OS/c1-13-8-9-17(10-14(13)2)25(15(3)26)20-23-16(12-27-20)11-22-24-19-7-5-4-6-18(19)21/h4-12,24H,1-3H3/b22-11-. The molecule has 138 valence electrons. The molecule has 1 N–H and O–H groups in total. The molecule has 3 rings (SSSR count). The number of nitrogens with one attached hydrogen (secondary N) is 1. The molecule has 0 aliphatic rings. The van der Waals surface area contributed by atoms with Crippen molar-refractivity contribution in [2.45, 2.75) is 20.8 Å². The monoisotopic (exact) mass is 398 g/mol. The van der Waals surface area contributed by atoms with Gasteiger partial charge in [-0.05, 0) is 49.2 Å². The van der Waals surface area contributed by atoms with Gasteiger partial charge >= 0.3 is 0 Å². The second-order valence-corrected chi connectivity index (χ2v) is 7.27. The summed E-state index contributed by atoms with van der Waals surface area (Å²) in [4.78, 5) is 18.3. The average Bonchev–Trinajstić information content (AvgIpc) is 3.08. The highest BCUT2D eigenvalue weighted by molar-refractivity contribution is 7.14. The van der Waals surface area contributed by atoms with E-state index in [0.29, 0.717) is 21.5 Å². The Morgan fingerprint density at radius 1 is 1.22 bits per heavy atom. The molecule has 0 aliphatic carbocycles. The molecule has 0 spiro atoms. The minimum Gasteiger partial charge on any atom is -0.277 e. The molecule has 0 saturated carbocycles. The van der Waals surface area contributed by atoms with Crippen LogP contribution in [0.15, 0.2) is 52.9 Å². The Labute approximate surface area is 167 Å². The molecule has 5 nitrogen and oxygen atoms in total. The molecule has 1 amide bonds. The highest BCUT2D eigenvalue weighted by Crippen LogP contribution is 2.30. The maximum atomic E-state index is 12.2. The van der Waals surface area contributed by atoms with Crippen molar-refractivity contribution in [2.75, 3.05) is 10.3 Å². The van der Waals surface area contributed by atoms with Crippen LogP contribution in [0.4, 0.5) is 16.5 Å². The van der Waals surface area contributed by atoms with E-state index in [1.54, 1.807) is 17.2 Å². The van der Waals surface area contributed by atoms with Crippen molar-refractivity contribution in [3.63, 3.8) is 0 Å². The van der Waals surface area contributed by atoms with Crippen LogP contribution < -0.4 is 10.3 Å².